The summed E-state index contributed by atoms with van der Waals surface area (Å²) < 4.78 is 35.8. The van der Waals surface area contributed by atoms with Gasteiger partial charge in [0.1, 0.15) is 0 Å². The van der Waals surface area contributed by atoms with Crippen molar-refractivity contribution in [3.05, 3.63) is 0 Å². The highest BCUT2D eigenvalue weighted by atomic mass is 35.5. The molecular weight excluding hydrogens is 281 g/mol. The Morgan fingerprint density at radius 2 is 1.79 bits per heavy atom. The summed E-state index contributed by atoms with van der Waals surface area (Å²) in [6, 6.07) is 0. The van der Waals surface area contributed by atoms with Crippen molar-refractivity contribution >= 4 is 18.3 Å². The van der Waals surface area contributed by atoms with Gasteiger partial charge in [0, 0.05) is 13.0 Å². The molecule has 0 aliphatic heterocycles. The summed E-state index contributed by atoms with van der Waals surface area (Å²) in [5.74, 6) is -0.313. The highest BCUT2D eigenvalue weighted by molar-refractivity contribution is 5.85. The van der Waals surface area contributed by atoms with E-state index < -0.39 is 12.6 Å². The van der Waals surface area contributed by atoms with Crippen LogP contribution in [0.25, 0.3) is 0 Å². The lowest BCUT2D eigenvalue weighted by Crippen LogP contribution is -2.39. The minimum Gasteiger partial charge on any atom is -0.356 e. The van der Waals surface area contributed by atoms with E-state index in [1.54, 1.807) is 0 Å². The summed E-state index contributed by atoms with van der Waals surface area (Å²) >= 11 is 0. The Kier molecular flexibility index (Phi) is 7.74. The lowest BCUT2D eigenvalue weighted by atomic mass is 9.71. The van der Waals surface area contributed by atoms with E-state index >= 15 is 0 Å². The molecule has 0 radical (unpaired) electrons. The Balaban J connectivity index is 0.00000324. The average molecular weight is 303 g/mol. The number of halogens is 4. The van der Waals surface area contributed by atoms with Crippen molar-refractivity contribution in [2.75, 3.05) is 13.1 Å². The second-order valence-corrected chi connectivity index (χ2v) is 5.16. The van der Waals surface area contributed by atoms with Gasteiger partial charge in [-0.2, -0.15) is 13.2 Å². The Hall–Kier alpha value is -0.490. The summed E-state index contributed by atoms with van der Waals surface area (Å²) in [6.07, 6.45) is 0.100. The molecule has 0 aromatic carbocycles. The normalized spacial score (nSPS) is 18.5. The van der Waals surface area contributed by atoms with Gasteiger partial charge >= 0.3 is 6.18 Å². The van der Waals surface area contributed by atoms with Gasteiger partial charge in [-0.15, -0.1) is 12.4 Å². The molecule has 1 rings (SSSR count). The molecule has 1 fully saturated rings. The van der Waals surface area contributed by atoms with Gasteiger partial charge in [-0.25, -0.2) is 0 Å². The van der Waals surface area contributed by atoms with E-state index in [-0.39, 0.29) is 36.7 Å². The van der Waals surface area contributed by atoms with Gasteiger partial charge in [0.2, 0.25) is 5.91 Å². The third kappa shape index (κ3) is 7.01. The van der Waals surface area contributed by atoms with Crippen molar-refractivity contribution in [3.8, 4) is 0 Å². The molecule has 0 spiro atoms. The minimum absolute atomic E-state index is 0. The molecule has 1 saturated carbocycles. The van der Waals surface area contributed by atoms with Gasteiger partial charge in [-0.1, -0.05) is 19.3 Å². The lowest BCUT2D eigenvalue weighted by molar-refractivity contribution is -0.136. The van der Waals surface area contributed by atoms with E-state index in [0.717, 1.165) is 32.1 Å². The number of nitrogens with two attached hydrogens (primary N) is 1. The molecule has 1 aliphatic rings. The highest BCUT2D eigenvalue weighted by Gasteiger charge is 2.33. The first-order valence-corrected chi connectivity index (χ1v) is 6.40. The topological polar surface area (TPSA) is 55.1 Å². The second kappa shape index (κ2) is 7.94. The van der Waals surface area contributed by atoms with Crippen LogP contribution >= 0.6 is 12.4 Å². The quantitative estimate of drug-likeness (QED) is 0.820. The summed E-state index contributed by atoms with van der Waals surface area (Å²) in [4.78, 5) is 11.6. The van der Waals surface area contributed by atoms with Crippen LogP contribution in [0, 0.1) is 5.41 Å². The number of carbonyl (C=O) groups excluding carboxylic acids is 1. The molecule has 1 amide bonds. The molecule has 0 aromatic rings. The van der Waals surface area contributed by atoms with Crippen LogP contribution in [0.4, 0.5) is 13.2 Å². The van der Waals surface area contributed by atoms with Gasteiger partial charge in [0.25, 0.3) is 0 Å². The summed E-state index contributed by atoms with van der Waals surface area (Å²) in [5, 5.41) is 2.33. The Morgan fingerprint density at radius 1 is 1.21 bits per heavy atom. The number of alkyl halides is 3. The standard InChI is InChI=1S/C12H21F3N2O.ClH/c13-12(14,15)6-7-17-10(18)8-11(9-16)4-2-1-3-5-11;/h1-9,16H2,(H,17,18);1H. The zero-order valence-corrected chi connectivity index (χ0v) is 11.7. The number of hydrogen-bond donors (Lipinski definition) is 2. The second-order valence-electron chi connectivity index (χ2n) is 5.16. The SMILES string of the molecule is Cl.NCC1(CC(=O)NCCC(F)(F)F)CCCCC1. The maximum Gasteiger partial charge on any atom is 0.390 e. The minimum atomic E-state index is -4.22. The maximum atomic E-state index is 11.9. The van der Waals surface area contributed by atoms with Crippen LogP contribution < -0.4 is 11.1 Å². The van der Waals surface area contributed by atoms with Crippen molar-refractivity contribution < 1.29 is 18.0 Å². The summed E-state index contributed by atoms with van der Waals surface area (Å²) in [6.45, 7) is 0.0860. The molecule has 0 bridgehead atoms. The monoisotopic (exact) mass is 302 g/mol. The molecule has 7 heteroatoms. The van der Waals surface area contributed by atoms with Crippen LogP contribution in [0.15, 0.2) is 0 Å². The number of hydrogen-bond acceptors (Lipinski definition) is 2. The Bertz CT molecular complexity index is 279. The van der Waals surface area contributed by atoms with Crippen LogP contribution in [0.5, 0.6) is 0 Å². The number of amides is 1. The van der Waals surface area contributed by atoms with E-state index in [0.29, 0.717) is 6.54 Å². The lowest BCUT2D eigenvalue weighted by Gasteiger charge is -2.35. The van der Waals surface area contributed by atoms with Crippen molar-refractivity contribution in [2.45, 2.75) is 51.1 Å². The number of rotatable bonds is 5. The molecule has 3 N–H and O–H groups in total. The molecule has 0 unspecified atom stereocenters. The van der Waals surface area contributed by atoms with Gasteiger partial charge < -0.3 is 11.1 Å². The summed E-state index contributed by atoms with van der Waals surface area (Å²) in [7, 11) is 0. The summed E-state index contributed by atoms with van der Waals surface area (Å²) in [5.41, 5.74) is 5.53. The molecule has 3 nitrogen and oxygen atoms in total. The van der Waals surface area contributed by atoms with Gasteiger partial charge in [-0.05, 0) is 24.8 Å². The van der Waals surface area contributed by atoms with Crippen LogP contribution in [0.1, 0.15) is 44.9 Å². The van der Waals surface area contributed by atoms with Crippen LogP contribution in [-0.4, -0.2) is 25.2 Å². The zero-order valence-electron chi connectivity index (χ0n) is 10.9. The predicted molar refractivity (Wildman–Crippen MR) is 70.1 cm³/mol. The van der Waals surface area contributed by atoms with Crippen molar-refractivity contribution in [2.24, 2.45) is 11.1 Å². The van der Waals surface area contributed by atoms with E-state index in [4.69, 9.17) is 5.73 Å². The average Bonchev–Trinajstić information content (AvgIpc) is 2.28. The molecule has 0 saturated heterocycles. The smallest absolute Gasteiger partial charge is 0.356 e. The van der Waals surface area contributed by atoms with Crippen LogP contribution in [0.3, 0.4) is 0 Å². The van der Waals surface area contributed by atoms with Crippen molar-refractivity contribution in [1.29, 1.82) is 0 Å². The van der Waals surface area contributed by atoms with Gasteiger partial charge in [0.15, 0.2) is 0 Å². The maximum absolute atomic E-state index is 11.9. The molecule has 19 heavy (non-hydrogen) atoms. The first-order chi connectivity index (χ1) is 8.37. The van der Waals surface area contributed by atoms with Gasteiger partial charge in [-0.3, -0.25) is 4.79 Å². The third-order valence-electron chi connectivity index (χ3n) is 3.61. The van der Waals surface area contributed by atoms with Crippen molar-refractivity contribution in [3.63, 3.8) is 0 Å². The zero-order chi connectivity index (χ0) is 13.6. The molecule has 0 heterocycles. The highest BCUT2D eigenvalue weighted by Crippen LogP contribution is 2.38. The fraction of sp³-hybridized carbons (Fsp3) is 0.917. The number of carbonyl (C=O) groups is 1. The molecule has 114 valence electrons. The fourth-order valence-electron chi connectivity index (χ4n) is 2.50. The Labute approximate surface area is 117 Å². The molecule has 0 aromatic heterocycles. The first-order valence-electron chi connectivity index (χ1n) is 6.40. The van der Waals surface area contributed by atoms with Gasteiger partial charge in [0.05, 0.1) is 6.42 Å². The first kappa shape index (κ1) is 18.5. The largest absolute Gasteiger partial charge is 0.390 e. The van der Waals surface area contributed by atoms with Crippen LogP contribution in [0.2, 0.25) is 0 Å². The van der Waals surface area contributed by atoms with E-state index in [1.807, 2.05) is 0 Å². The Morgan fingerprint density at radius 3 is 2.26 bits per heavy atom. The van der Waals surface area contributed by atoms with E-state index in [1.165, 1.54) is 0 Å². The predicted octanol–water partition coefficient (Wildman–Crippen LogP) is 2.78. The number of nitrogens with one attached hydrogen (secondary N) is 1. The van der Waals surface area contributed by atoms with E-state index in [9.17, 15) is 18.0 Å². The molecular formula is C12H22ClF3N2O. The molecule has 1 aliphatic carbocycles. The third-order valence-corrected chi connectivity index (χ3v) is 3.61. The molecule has 0 atom stereocenters. The van der Waals surface area contributed by atoms with E-state index in [2.05, 4.69) is 5.32 Å². The fourth-order valence-corrected chi connectivity index (χ4v) is 2.50. The van der Waals surface area contributed by atoms with Crippen molar-refractivity contribution in [1.82, 2.24) is 5.32 Å². The van der Waals surface area contributed by atoms with Crippen LogP contribution in [-0.2, 0) is 4.79 Å².